The number of sulfonamides is 1. The molecule has 2 aromatic rings. The second kappa shape index (κ2) is 10.1. The highest BCUT2D eigenvalue weighted by Crippen LogP contribution is 2.24. The van der Waals surface area contributed by atoms with Gasteiger partial charge in [-0.3, -0.25) is 9.69 Å². The number of piperazine rings is 1. The van der Waals surface area contributed by atoms with E-state index in [9.17, 15) is 13.2 Å². The van der Waals surface area contributed by atoms with Crippen molar-refractivity contribution in [2.24, 2.45) is 5.92 Å². The topological polar surface area (TPSA) is 69.7 Å². The lowest BCUT2D eigenvalue weighted by atomic mass is 9.87. The molecule has 7 heteroatoms. The summed E-state index contributed by atoms with van der Waals surface area (Å²) in [5.74, 6) is 0.527. The molecule has 0 aromatic heterocycles. The highest BCUT2D eigenvalue weighted by Gasteiger charge is 2.29. The van der Waals surface area contributed by atoms with Crippen LogP contribution >= 0.6 is 0 Å². The quantitative estimate of drug-likeness (QED) is 0.724. The van der Waals surface area contributed by atoms with Crippen molar-refractivity contribution < 1.29 is 13.2 Å². The standard InChI is InChI=1S/C25H33N3O3S/c1-20-10-12-23(13-11-20)26-25(29)22-8-5-9-24(18-22)32(30,31)28-16-14-27(15-17-28)19-21-6-3-2-4-7-21/h2-9,18,20,23H,10-17,19H2,1H3,(H,26,29). The van der Waals surface area contributed by atoms with Crippen LogP contribution in [0.25, 0.3) is 0 Å². The van der Waals surface area contributed by atoms with Gasteiger partial charge in [-0.05, 0) is 55.4 Å². The first kappa shape index (κ1) is 23.0. The molecule has 1 saturated heterocycles. The number of hydrogen-bond donors (Lipinski definition) is 1. The normalized spacial score (nSPS) is 23.0. The van der Waals surface area contributed by atoms with Crippen molar-refractivity contribution in [1.82, 2.24) is 14.5 Å². The van der Waals surface area contributed by atoms with Crippen LogP contribution in [0.5, 0.6) is 0 Å². The molecular weight excluding hydrogens is 422 g/mol. The molecule has 1 aliphatic carbocycles. The summed E-state index contributed by atoms with van der Waals surface area (Å²) >= 11 is 0. The summed E-state index contributed by atoms with van der Waals surface area (Å²) in [5, 5.41) is 3.09. The molecule has 2 aromatic carbocycles. The van der Waals surface area contributed by atoms with E-state index in [1.54, 1.807) is 18.2 Å². The monoisotopic (exact) mass is 455 g/mol. The fourth-order valence-electron chi connectivity index (χ4n) is 4.59. The Kier molecular flexibility index (Phi) is 7.28. The average Bonchev–Trinajstić information content (AvgIpc) is 2.82. The number of hydrogen-bond acceptors (Lipinski definition) is 4. The van der Waals surface area contributed by atoms with E-state index in [1.807, 2.05) is 18.2 Å². The number of benzene rings is 2. The zero-order chi connectivity index (χ0) is 22.6. The molecule has 1 N–H and O–H groups in total. The summed E-state index contributed by atoms with van der Waals surface area (Å²) in [5.41, 5.74) is 1.64. The van der Waals surface area contributed by atoms with E-state index in [1.165, 1.54) is 15.9 Å². The zero-order valence-electron chi connectivity index (χ0n) is 18.7. The minimum atomic E-state index is -3.63. The van der Waals surface area contributed by atoms with Gasteiger partial charge in [0.1, 0.15) is 0 Å². The lowest BCUT2D eigenvalue weighted by Gasteiger charge is -2.34. The van der Waals surface area contributed by atoms with Gasteiger partial charge in [0.05, 0.1) is 4.90 Å². The summed E-state index contributed by atoms with van der Waals surface area (Å²) in [6.07, 6.45) is 4.21. The Bertz CT molecular complexity index is 1010. The summed E-state index contributed by atoms with van der Waals surface area (Å²) in [7, 11) is -3.63. The van der Waals surface area contributed by atoms with E-state index in [0.29, 0.717) is 37.7 Å². The second-order valence-corrected chi connectivity index (χ2v) is 11.1. The first-order chi connectivity index (χ1) is 15.4. The van der Waals surface area contributed by atoms with Crippen molar-refractivity contribution in [3.8, 4) is 0 Å². The second-order valence-electron chi connectivity index (χ2n) is 9.12. The van der Waals surface area contributed by atoms with E-state index in [-0.39, 0.29) is 16.8 Å². The van der Waals surface area contributed by atoms with Gasteiger partial charge in [0.15, 0.2) is 0 Å². The third kappa shape index (κ3) is 5.57. The van der Waals surface area contributed by atoms with Crippen LogP contribution < -0.4 is 5.32 Å². The van der Waals surface area contributed by atoms with Crippen LogP contribution in [0.4, 0.5) is 0 Å². The van der Waals surface area contributed by atoms with E-state index in [2.05, 4.69) is 29.3 Å². The van der Waals surface area contributed by atoms with Crippen molar-refractivity contribution in [3.63, 3.8) is 0 Å². The fraction of sp³-hybridized carbons (Fsp3) is 0.480. The van der Waals surface area contributed by atoms with Crippen LogP contribution in [0.1, 0.15) is 48.5 Å². The van der Waals surface area contributed by atoms with Gasteiger partial charge in [0.2, 0.25) is 10.0 Å². The molecule has 32 heavy (non-hydrogen) atoms. The minimum Gasteiger partial charge on any atom is -0.349 e. The predicted molar refractivity (Wildman–Crippen MR) is 126 cm³/mol. The van der Waals surface area contributed by atoms with Gasteiger partial charge in [-0.25, -0.2) is 8.42 Å². The Morgan fingerprint density at radius 1 is 0.938 bits per heavy atom. The van der Waals surface area contributed by atoms with Gasteiger partial charge in [0.25, 0.3) is 5.91 Å². The van der Waals surface area contributed by atoms with E-state index in [4.69, 9.17) is 0 Å². The molecular formula is C25H33N3O3S. The maximum absolute atomic E-state index is 13.2. The molecule has 1 saturated carbocycles. The van der Waals surface area contributed by atoms with Gasteiger partial charge in [-0.15, -0.1) is 0 Å². The first-order valence-electron chi connectivity index (χ1n) is 11.6. The zero-order valence-corrected chi connectivity index (χ0v) is 19.6. The number of nitrogens with zero attached hydrogens (tertiary/aromatic N) is 2. The number of amides is 1. The van der Waals surface area contributed by atoms with Crippen molar-refractivity contribution in [2.45, 2.75) is 50.1 Å². The van der Waals surface area contributed by atoms with Crippen LogP contribution in [0.2, 0.25) is 0 Å². The Morgan fingerprint density at radius 3 is 2.31 bits per heavy atom. The highest BCUT2D eigenvalue weighted by atomic mass is 32.2. The van der Waals surface area contributed by atoms with Crippen LogP contribution in [-0.2, 0) is 16.6 Å². The maximum atomic E-state index is 13.2. The average molecular weight is 456 g/mol. The first-order valence-corrected chi connectivity index (χ1v) is 13.0. The molecule has 2 fully saturated rings. The molecule has 0 spiro atoms. The summed E-state index contributed by atoms with van der Waals surface area (Å²) in [4.78, 5) is 15.2. The SMILES string of the molecule is CC1CCC(NC(=O)c2cccc(S(=O)(=O)N3CCN(Cc4ccccc4)CC3)c2)CC1. The van der Waals surface area contributed by atoms with Gasteiger partial charge in [-0.1, -0.05) is 43.3 Å². The minimum absolute atomic E-state index is 0.177. The third-order valence-corrected chi connectivity index (χ3v) is 8.56. The third-order valence-electron chi connectivity index (χ3n) is 6.67. The van der Waals surface area contributed by atoms with Crippen molar-refractivity contribution in [2.75, 3.05) is 26.2 Å². The van der Waals surface area contributed by atoms with Gasteiger partial charge in [-0.2, -0.15) is 4.31 Å². The summed E-state index contributed by atoms with van der Waals surface area (Å²) in [6, 6.07) is 16.9. The predicted octanol–water partition coefficient (Wildman–Crippen LogP) is 3.50. The van der Waals surface area contributed by atoms with E-state index in [0.717, 1.165) is 32.2 Å². The molecule has 0 atom stereocenters. The molecule has 1 aliphatic heterocycles. The van der Waals surface area contributed by atoms with Crippen molar-refractivity contribution >= 4 is 15.9 Å². The number of carbonyl (C=O) groups excluding carboxylic acids is 1. The van der Waals surface area contributed by atoms with E-state index < -0.39 is 10.0 Å². The number of rotatable bonds is 6. The fourth-order valence-corrected chi connectivity index (χ4v) is 6.06. The lowest BCUT2D eigenvalue weighted by molar-refractivity contribution is 0.0922. The Balaban J connectivity index is 1.37. The Morgan fingerprint density at radius 2 is 1.62 bits per heavy atom. The number of nitrogens with one attached hydrogen (secondary N) is 1. The Hall–Kier alpha value is -2.22. The van der Waals surface area contributed by atoms with Crippen LogP contribution in [0.3, 0.4) is 0 Å². The van der Waals surface area contributed by atoms with Crippen molar-refractivity contribution in [3.05, 3.63) is 65.7 Å². The maximum Gasteiger partial charge on any atom is 0.251 e. The van der Waals surface area contributed by atoms with Gasteiger partial charge >= 0.3 is 0 Å². The summed E-state index contributed by atoms with van der Waals surface area (Å²) in [6.45, 7) is 5.35. The molecule has 6 nitrogen and oxygen atoms in total. The van der Waals surface area contributed by atoms with Gasteiger partial charge < -0.3 is 5.32 Å². The Labute approximate surface area is 191 Å². The van der Waals surface area contributed by atoms with Crippen LogP contribution in [0, 0.1) is 5.92 Å². The summed E-state index contributed by atoms with van der Waals surface area (Å²) < 4.78 is 28.0. The lowest BCUT2D eigenvalue weighted by Crippen LogP contribution is -2.48. The molecule has 0 radical (unpaired) electrons. The largest absolute Gasteiger partial charge is 0.349 e. The molecule has 0 bridgehead atoms. The molecule has 1 heterocycles. The smallest absolute Gasteiger partial charge is 0.251 e. The van der Waals surface area contributed by atoms with E-state index >= 15 is 0 Å². The molecule has 172 valence electrons. The molecule has 0 unspecified atom stereocenters. The number of carbonyl (C=O) groups is 1. The van der Waals surface area contributed by atoms with Crippen molar-refractivity contribution in [1.29, 1.82) is 0 Å². The van der Waals surface area contributed by atoms with Gasteiger partial charge in [0, 0.05) is 44.3 Å². The highest BCUT2D eigenvalue weighted by molar-refractivity contribution is 7.89. The molecule has 4 rings (SSSR count). The molecule has 1 amide bonds. The van der Waals surface area contributed by atoms with Crippen LogP contribution in [0.15, 0.2) is 59.5 Å². The van der Waals surface area contributed by atoms with Crippen LogP contribution in [-0.4, -0.2) is 55.8 Å². The molecule has 2 aliphatic rings.